The van der Waals surface area contributed by atoms with Crippen LogP contribution in [0.5, 0.6) is 0 Å². The molecule has 3 rings (SSSR count). The fraction of sp³-hybridized carbons (Fsp3) is 0.235. The molecule has 0 unspecified atom stereocenters. The average molecular weight is 311 g/mol. The minimum atomic E-state index is 0. The molecular weight excluding hydrogens is 290 g/mol. The van der Waals surface area contributed by atoms with E-state index in [0.29, 0.717) is 0 Å². The molecule has 0 nitrogen and oxygen atoms in total. The molecule has 0 aromatic heterocycles. The Hall–Kier alpha value is 0.245. The fourth-order valence-electron chi connectivity index (χ4n) is 2.17. The van der Waals surface area contributed by atoms with Gasteiger partial charge in [-0.25, -0.2) is 0 Å². The number of aryl methyl sites for hydroxylation is 2. The SMILES string of the molecule is CC.Cc1ccc2c(c1)=c1ccc(C)cc1=2.[CH3-].[Rb+]. The Morgan fingerprint density at radius 1 is 0.611 bits per heavy atom. The third kappa shape index (κ3) is 3.22. The van der Waals surface area contributed by atoms with Crippen LogP contribution >= 0.6 is 0 Å². The molecule has 0 aliphatic heterocycles. The van der Waals surface area contributed by atoms with E-state index < -0.39 is 0 Å². The van der Waals surface area contributed by atoms with Gasteiger partial charge in [0, 0.05) is 0 Å². The van der Waals surface area contributed by atoms with E-state index in [1.54, 1.807) is 0 Å². The predicted molar refractivity (Wildman–Crippen MR) is 75.5 cm³/mol. The summed E-state index contributed by atoms with van der Waals surface area (Å²) < 4.78 is 0. The summed E-state index contributed by atoms with van der Waals surface area (Å²) in [6.45, 7) is 8.29. The third-order valence-corrected chi connectivity index (χ3v) is 2.93. The van der Waals surface area contributed by atoms with E-state index >= 15 is 0 Å². The molecule has 0 amide bonds. The van der Waals surface area contributed by atoms with Crippen molar-refractivity contribution in [1.29, 1.82) is 0 Å². The quantitative estimate of drug-likeness (QED) is 0.554. The Labute approximate surface area is 159 Å². The van der Waals surface area contributed by atoms with Gasteiger partial charge in [-0.1, -0.05) is 61.4 Å². The second-order valence-corrected chi connectivity index (χ2v) is 4.10. The summed E-state index contributed by atoms with van der Waals surface area (Å²) >= 11 is 0. The van der Waals surface area contributed by atoms with Gasteiger partial charge in [-0.2, -0.15) is 0 Å². The molecule has 0 spiro atoms. The molecule has 0 saturated heterocycles. The zero-order valence-corrected chi connectivity index (χ0v) is 17.4. The summed E-state index contributed by atoms with van der Waals surface area (Å²) in [6.07, 6.45) is 0. The average Bonchev–Trinajstić information content (AvgIpc) is 2.30. The molecule has 1 heteroatoms. The smallest absolute Gasteiger partial charge is 0.358 e. The van der Waals surface area contributed by atoms with Crippen LogP contribution in [0.4, 0.5) is 0 Å². The van der Waals surface area contributed by atoms with Gasteiger partial charge in [0.15, 0.2) is 0 Å². The van der Waals surface area contributed by atoms with Crippen molar-refractivity contribution < 1.29 is 58.2 Å². The maximum atomic E-state index is 2.27. The Morgan fingerprint density at radius 3 is 1.28 bits per heavy atom. The molecule has 1 aliphatic rings. The van der Waals surface area contributed by atoms with Crippen LogP contribution in [0.15, 0.2) is 36.4 Å². The molecule has 18 heavy (non-hydrogen) atoms. The molecule has 2 aromatic carbocycles. The molecule has 2 aromatic rings. The number of benzene rings is 2. The van der Waals surface area contributed by atoms with Crippen molar-refractivity contribution in [2.45, 2.75) is 27.7 Å². The molecule has 0 heterocycles. The summed E-state index contributed by atoms with van der Waals surface area (Å²) in [5, 5.41) is 5.66. The van der Waals surface area contributed by atoms with Gasteiger partial charge in [0.25, 0.3) is 0 Å². The van der Waals surface area contributed by atoms with Crippen LogP contribution in [0.2, 0.25) is 0 Å². The maximum Gasteiger partial charge on any atom is 1.00 e. The standard InChI is InChI=1S/C14H12.C2H6.CH3.Rb/c1-9-3-5-11-13(7-9)12-6-4-10(2)8-14(11)12;1-2;;/h3-8H,1-2H3;1-2H3;1H3;/q;;-1;+1. The number of fused-ring (bicyclic) bond motifs is 2. The minimum absolute atomic E-state index is 0. The van der Waals surface area contributed by atoms with Crippen LogP contribution in [0.3, 0.4) is 0 Å². The summed E-state index contributed by atoms with van der Waals surface area (Å²) in [5.74, 6) is 0. The van der Waals surface area contributed by atoms with Crippen LogP contribution in [0, 0.1) is 42.1 Å². The van der Waals surface area contributed by atoms with E-state index in [2.05, 4.69) is 50.2 Å². The molecule has 90 valence electrons. The van der Waals surface area contributed by atoms with E-state index in [4.69, 9.17) is 0 Å². The molecule has 0 fully saturated rings. The zero-order valence-electron chi connectivity index (χ0n) is 12.5. The van der Waals surface area contributed by atoms with Crippen molar-refractivity contribution in [2.24, 2.45) is 0 Å². The first kappa shape index (κ1) is 18.2. The molecular formula is C17H21Rb. The monoisotopic (exact) mass is 310 g/mol. The van der Waals surface area contributed by atoms with E-state index in [9.17, 15) is 0 Å². The van der Waals surface area contributed by atoms with Crippen molar-refractivity contribution >= 4 is 0 Å². The Balaban J connectivity index is 0.000000691. The molecule has 0 N–H and O–H groups in total. The van der Waals surface area contributed by atoms with Crippen molar-refractivity contribution in [2.75, 3.05) is 0 Å². The second-order valence-electron chi connectivity index (χ2n) is 4.10. The maximum absolute atomic E-state index is 2.27. The van der Waals surface area contributed by atoms with Crippen LogP contribution in [0.25, 0.3) is 0 Å². The second kappa shape index (κ2) is 7.74. The normalized spacial score (nSPS) is 9.33. The van der Waals surface area contributed by atoms with Crippen molar-refractivity contribution in [3.8, 4) is 0 Å². The summed E-state index contributed by atoms with van der Waals surface area (Å²) in [7, 11) is 0. The first-order valence-electron chi connectivity index (χ1n) is 5.98. The minimum Gasteiger partial charge on any atom is -0.358 e. The van der Waals surface area contributed by atoms with Crippen LogP contribution < -0.4 is 58.2 Å². The topological polar surface area (TPSA) is 0 Å². The summed E-state index contributed by atoms with van der Waals surface area (Å²) in [5.41, 5.74) is 2.69. The van der Waals surface area contributed by atoms with Gasteiger partial charge in [-0.3, -0.25) is 0 Å². The first-order chi connectivity index (χ1) is 7.75. The van der Waals surface area contributed by atoms with Gasteiger partial charge in [0.05, 0.1) is 0 Å². The van der Waals surface area contributed by atoms with Gasteiger partial charge in [0.1, 0.15) is 0 Å². The Kier molecular flexibility index (Phi) is 7.85. The molecule has 0 radical (unpaired) electrons. The van der Waals surface area contributed by atoms with Gasteiger partial charge < -0.3 is 7.43 Å². The van der Waals surface area contributed by atoms with E-state index in [1.807, 2.05) is 13.8 Å². The number of hydrogen-bond acceptors (Lipinski definition) is 0. The predicted octanol–water partition coefficient (Wildman–Crippen LogP) is 1.67. The van der Waals surface area contributed by atoms with Gasteiger partial charge in [0.2, 0.25) is 0 Å². The third-order valence-electron chi connectivity index (χ3n) is 2.93. The first-order valence-corrected chi connectivity index (χ1v) is 5.98. The van der Waals surface area contributed by atoms with Crippen molar-refractivity contribution in [3.63, 3.8) is 0 Å². The van der Waals surface area contributed by atoms with Gasteiger partial charge >= 0.3 is 58.2 Å². The summed E-state index contributed by atoms with van der Waals surface area (Å²) in [6, 6.07) is 13.4. The Bertz CT molecular complexity index is 613. The van der Waals surface area contributed by atoms with Gasteiger partial charge in [-0.15, -0.1) is 0 Å². The largest absolute Gasteiger partial charge is 1.00 e. The molecule has 0 atom stereocenters. The fourth-order valence-corrected chi connectivity index (χ4v) is 2.17. The van der Waals surface area contributed by atoms with Crippen molar-refractivity contribution in [1.82, 2.24) is 0 Å². The molecule has 1 aliphatic carbocycles. The van der Waals surface area contributed by atoms with Crippen LogP contribution in [-0.4, -0.2) is 0 Å². The van der Waals surface area contributed by atoms with E-state index in [-0.39, 0.29) is 65.6 Å². The van der Waals surface area contributed by atoms with E-state index in [0.717, 1.165) is 0 Å². The number of hydrogen-bond donors (Lipinski definition) is 0. The van der Waals surface area contributed by atoms with Gasteiger partial charge in [-0.05, 0) is 34.7 Å². The molecule has 0 saturated carbocycles. The molecule has 0 bridgehead atoms. The van der Waals surface area contributed by atoms with Crippen molar-refractivity contribution in [3.05, 3.63) is 75.8 Å². The number of rotatable bonds is 0. The summed E-state index contributed by atoms with van der Waals surface area (Å²) in [4.78, 5) is 0. The Morgan fingerprint density at radius 2 is 0.944 bits per heavy atom. The van der Waals surface area contributed by atoms with E-state index in [1.165, 1.54) is 32.0 Å². The van der Waals surface area contributed by atoms with Crippen LogP contribution in [0.1, 0.15) is 25.0 Å². The van der Waals surface area contributed by atoms with Crippen LogP contribution in [-0.2, 0) is 0 Å². The zero-order chi connectivity index (χ0) is 11.7.